The quantitative estimate of drug-likeness (QED) is 0.339. The third-order valence-electron chi connectivity index (χ3n) is 8.42. The zero-order chi connectivity index (χ0) is 31.6. The van der Waals surface area contributed by atoms with Crippen molar-refractivity contribution in [2.75, 3.05) is 43.1 Å². The molecule has 1 unspecified atom stereocenters. The van der Waals surface area contributed by atoms with E-state index < -0.39 is 21.8 Å². The summed E-state index contributed by atoms with van der Waals surface area (Å²) in [6, 6.07) is 18.8. The highest BCUT2D eigenvalue weighted by molar-refractivity contribution is 7.92. The smallest absolute Gasteiger partial charge is 0.229 e. The van der Waals surface area contributed by atoms with E-state index >= 15 is 0 Å². The summed E-state index contributed by atoms with van der Waals surface area (Å²) < 4.78 is 39.7. The largest absolute Gasteiger partial charge is 0.356 e. The molecule has 1 aliphatic heterocycles. The highest BCUT2D eigenvalue weighted by Gasteiger charge is 2.39. The van der Waals surface area contributed by atoms with E-state index in [0.717, 1.165) is 49.3 Å². The number of carbonyl (C=O) groups excluding carboxylic acids is 1. The molecule has 1 aromatic heterocycles. The van der Waals surface area contributed by atoms with E-state index in [1.807, 2.05) is 18.2 Å². The fourth-order valence-corrected chi connectivity index (χ4v) is 6.27. The van der Waals surface area contributed by atoms with Gasteiger partial charge in [0.1, 0.15) is 11.6 Å². The number of nitrogens with zero attached hydrogens (tertiary/aromatic N) is 3. The third kappa shape index (κ3) is 7.54. The summed E-state index contributed by atoms with van der Waals surface area (Å²) in [5, 5.41) is 3.02. The number of hydrogen-bond acceptors (Lipinski definition) is 6. The second-order valence-electron chi connectivity index (χ2n) is 12.8. The maximum atomic E-state index is 14.6. The zero-order valence-corrected chi connectivity index (χ0v) is 27.1. The van der Waals surface area contributed by atoms with Crippen LogP contribution in [0.3, 0.4) is 0 Å². The molecule has 1 atom stereocenters. The summed E-state index contributed by atoms with van der Waals surface area (Å²) in [7, 11) is 0.666. The van der Waals surface area contributed by atoms with Crippen LogP contribution in [0.4, 0.5) is 15.9 Å². The van der Waals surface area contributed by atoms with E-state index in [4.69, 9.17) is 4.98 Å². The topological polar surface area (TPSA) is 94.6 Å². The summed E-state index contributed by atoms with van der Waals surface area (Å²) in [6.45, 7) is 10.0. The average molecular weight is 610 g/mol. The van der Waals surface area contributed by atoms with Gasteiger partial charge in [-0.1, -0.05) is 63.2 Å². The molecule has 2 heterocycles. The number of aromatic nitrogens is 1. The molecule has 2 N–H and O–H groups in total. The summed E-state index contributed by atoms with van der Waals surface area (Å²) in [6.07, 6.45) is 2.83. The minimum Gasteiger partial charge on any atom is -0.356 e. The first kappa shape index (κ1) is 32.4. The summed E-state index contributed by atoms with van der Waals surface area (Å²) in [4.78, 5) is 23.0. The zero-order valence-electron chi connectivity index (χ0n) is 26.2. The van der Waals surface area contributed by atoms with Crippen LogP contribution >= 0.6 is 0 Å². The summed E-state index contributed by atoms with van der Waals surface area (Å²) in [5.74, 6) is -0.763. The van der Waals surface area contributed by atoms with E-state index in [1.54, 1.807) is 13.0 Å². The molecule has 3 aromatic rings. The first-order chi connectivity index (χ1) is 20.1. The first-order valence-corrected chi connectivity index (χ1v) is 16.5. The molecule has 10 heteroatoms. The Morgan fingerprint density at radius 2 is 1.72 bits per heavy atom. The number of anilines is 2. The van der Waals surface area contributed by atoms with Gasteiger partial charge in [-0.2, -0.15) is 0 Å². The van der Waals surface area contributed by atoms with Crippen LogP contribution in [-0.2, 0) is 32.3 Å². The predicted molar refractivity (Wildman–Crippen MR) is 171 cm³/mol. The van der Waals surface area contributed by atoms with Gasteiger partial charge in [-0.05, 0) is 63.2 Å². The number of amides is 1. The number of hydrogen-bond donors (Lipinski definition) is 2. The fraction of sp³-hybridized carbons (Fsp3) is 0.455. The second kappa shape index (κ2) is 12.6. The Bertz CT molecular complexity index is 1550. The average Bonchev–Trinajstić information content (AvgIpc) is 2.95. The molecule has 0 bridgehead atoms. The van der Waals surface area contributed by atoms with Gasteiger partial charge in [0, 0.05) is 41.8 Å². The summed E-state index contributed by atoms with van der Waals surface area (Å²) >= 11 is 0. The SMILES string of the molecule is CC(C(=O)NCc1ccc(C(C)(C)C)nc1N1CCC(c2ccccc2)(N(C)C)CC1)c1ccc(NS(C)(=O)=O)c(F)c1. The van der Waals surface area contributed by atoms with Gasteiger partial charge in [-0.3, -0.25) is 14.4 Å². The lowest BCUT2D eigenvalue weighted by atomic mass is 9.79. The lowest BCUT2D eigenvalue weighted by Crippen LogP contribution is -2.51. The van der Waals surface area contributed by atoms with Crippen molar-refractivity contribution in [1.82, 2.24) is 15.2 Å². The van der Waals surface area contributed by atoms with Gasteiger partial charge in [0.05, 0.1) is 17.9 Å². The van der Waals surface area contributed by atoms with Crippen molar-refractivity contribution >= 4 is 27.4 Å². The lowest BCUT2D eigenvalue weighted by molar-refractivity contribution is -0.122. The number of benzene rings is 2. The van der Waals surface area contributed by atoms with Crippen LogP contribution < -0.4 is 14.9 Å². The van der Waals surface area contributed by atoms with Crippen molar-refractivity contribution in [1.29, 1.82) is 0 Å². The molecule has 1 fully saturated rings. The minimum atomic E-state index is -3.62. The fourth-order valence-electron chi connectivity index (χ4n) is 5.71. The standard InChI is InChI=1S/C33H44FN5O3S/c1-23(24-13-15-28(27(34)21-24)37-43(7,41)42)31(40)35-22-25-14-16-29(32(2,3)4)36-30(25)39-19-17-33(18-20-39,38(5)6)26-11-9-8-10-12-26/h8-16,21,23,37H,17-20,22H2,1-7H3,(H,35,40). The van der Waals surface area contributed by atoms with Gasteiger partial charge in [-0.15, -0.1) is 0 Å². The van der Waals surface area contributed by atoms with Gasteiger partial charge in [0.2, 0.25) is 15.9 Å². The molecular weight excluding hydrogens is 565 g/mol. The Morgan fingerprint density at radius 1 is 1.07 bits per heavy atom. The monoisotopic (exact) mass is 609 g/mol. The van der Waals surface area contributed by atoms with Crippen LogP contribution in [-0.4, -0.2) is 57.6 Å². The van der Waals surface area contributed by atoms with Crippen LogP contribution in [0.25, 0.3) is 0 Å². The Hall–Kier alpha value is -3.50. The van der Waals surface area contributed by atoms with Crippen molar-refractivity contribution < 1.29 is 17.6 Å². The van der Waals surface area contributed by atoms with Gasteiger partial charge < -0.3 is 10.2 Å². The third-order valence-corrected chi connectivity index (χ3v) is 9.01. The van der Waals surface area contributed by atoms with Crippen molar-refractivity contribution in [2.45, 2.75) is 64.0 Å². The summed E-state index contributed by atoms with van der Waals surface area (Å²) in [5.41, 5.74) is 3.31. The number of rotatable bonds is 9. The molecule has 1 amide bonds. The van der Waals surface area contributed by atoms with Crippen LogP contribution in [0.2, 0.25) is 0 Å². The van der Waals surface area contributed by atoms with Gasteiger partial charge in [0.15, 0.2) is 0 Å². The van der Waals surface area contributed by atoms with E-state index in [2.05, 4.69) is 79.0 Å². The minimum absolute atomic E-state index is 0.0646. The molecule has 0 spiro atoms. The number of piperidine rings is 1. The maximum Gasteiger partial charge on any atom is 0.229 e. The molecule has 8 nitrogen and oxygen atoms in total. The van der Waals surface area contributed by atoms with Crippen LogP contribution in [0.5, 0.6) is 0 Å². The Kier molecular flexibility index (Phi) is 9.51. The number of carbonyl (C=O) groups is 1. The molecule has 1 aliphatic rings. The van der Waals surface area contributed by atoms with E-state index in [9.17, 15) is 17.6 Å². The number of nitrogens with one attached hydrogen (secondary N) is 2. The predicted octanol–water partition coefficient (Wildman–Crippen LogP) is 5.37. The van der Waals surface area contributed by atoms with Gasteiger partial charge >= 0.3 is 0 Å². The Balaban J connectivity index is 1.53. The lowest BCUT2D eigenvalue weighted by Gasteiger charge is -2.47. The molecule has 0 aliphatic carbocycles. The second-order valence-corrected chi connectivity index (χ2v) is 14.5. The Labute approximate surface area is 255 Å². The number of sulfonamides is 1. The normalized spacial score (nSPS) is 16.2. The van der Waals surface area contributed by atoms with Gasteiger partial charge in [0.25, 0.3) is 0 Å². The molecule has 4 rings (SSSR count). The Morgan fingerprint density at radius 3 is 2.28 bits per heavy atom. The van der Waals surface area contributed by atoms with E-state index in [-0.39, 0.29) is 29.1 Å². The van der Waals surface area contributed by atoms with Crippen LogP contribution in [0, 0.1) is 5.82 Å². The number of pyridine rings is 1. The molecule has 43 heavy (non-hydrogen) atoms. The van der Waals surface area contributed by atoms with E-state index in [1.165, 1.54) is 17.7 Å². The van der Waals surface area contributed by atoms with Crippen molar-refractivity contribution in [2.24, 2.45) is 0 Å². The highest BCUT2D eigenvalue weighted by atomic mass is 32.2. The van der Waals surface area contributed by atoms with Gasteiger partial charge in [-0.25, -0.2) is 17.8 Å². The molecule has 0 radical (unpaired) electrons. The molecule has 1 saturated heterocycles. The highest BCUT2D eigenvalue weighted by Crippen LogP contribution is 2.39. The van der Waals surface area contributed by atoms with Crippen molar-refractivity contribution in [3.8, 4) is 0 Å². The first-order valence-electron chi connectivity index (χ1n) is 14.6. The van der Waals surface area contributed by atoms with Crippen LogP contribution in [0.15, 0.2) is 60.7 Å². The molecule has 2 aromatic carbocycles. The molecule has 0 saturated carbocycles. The maximum absolute atomic E-state index is 14.6. The molecule has 232 valence electrons. The van der Waals surface area contributed by atoms with Crippen molar-refractivity contribution in [3.63, 3.8) is 0 Å². The van der Waals surface area contributed by atoms with Crippen LogP contribution in [0.1, 0.15) is 68.8 Å². The number of halogens is 1. The van der Waals surface area contributed by atoms with Crippen molar-refractivity contribution in [3.05, 3.63) is 88.9 Å². The molecular formula is C33H44FN5O3S. The van der Waals surface area contributed by atoms with E-state index in [0.29, 0.717) is 5.56 Å².